The Labute approximate surface area is 95.3 Å². The zero-order valence-corrected chi connectivity index (χ0v) is 9.88. The lowest BCUT2D eigenvalue weighted by Crippen LogP contribution is -2.25. The summed E-state index contributed by atoms with van der Waals surface area (Å²) in [7, 11) is 1.27. The first-order valence-corrected chi connectivity index (χ1v) is 5.03. The van der Waals surface area contributed by atoms with Gasteiger partial charge in [0.05, 0.1) is 11.6 Å². The first kappa shape index (κ1) is 12.0. The van der Waals surface area contributed by atoms with Gasteiger partial charge in [-0.1, -0.05) is 0 Å². The molecule has 0 saturated heterocycles. The molecular weight excluding hydrogens is 267 g/mol. The second kappa shape index (κ2) is 5.11. The van der Waals surface area contributed by atoms with Crippen LogP contribution in [0.1, 0.15) is 6.92 Å². The molecule has 0 fully saturated rings. The number of halogens is 2. The van der Waals surface area contributed by atoms with Crippen LogP contribution in [0.5, 0.6) is 5.75 Å². The summed E-state index contributed by atoms with van der Waals surface area (Å²) in [5.41, 5.74) is 0. The van der Waals surface area contributed by atoms with Gasteiger partial charge in [0.2, 0.25) is 0 Å². The minimum absolute atomic E-state index is 0.271. The number of hydrogen-bond acceptors (Lipinski definition) is 3. The van der Waals surface area contributed by atoms with E-state index in [1.165, 1.54) is 32.2 Å². The van der Waals surface area contributed by atoms with Crippen LogP contribution < -0.4 is 4.74 Å². The van der Waals surface area contributed by atoms with Crippen molar-refractivity contribution < 1.29 is 18.7 Å². The summed E-state index contributed by atoms with van der Waals surface area (Å²) < 4.78 is 23.1. The van der Waals surface area contributed by atoms with Gasteiger partial charge in [0.1, 0.15) is 11.6 Å². The average Bonchev–Trinajstić information content (AvgIpc) is 2.22. The molecule has 1 aromatic rings. The predicted molar refractivity (Wildman–Crippen MR) is 56.2 cm³/mol. The van der Waals surface area contributed by atoms with E-state index in [4.69, 9.17) is 4.74 Å². The van der Waals surface area contributed by atoms with Crippen LogP contribution in [0, 0.1) is 5.82 Å². The molecule has 0 saturated carbocycles. The zero-order valence-electron chi connectivity index (χ0n) is 8.29. The molecule has 0 heterocycles. The lowest BCUT2D eigenvalue weighted by molar-refractivity contribution is -0.147. The van der Waals surface area contributed by atoms with Gasteiger partial charge in [0.15, 0.2) is 6.10 Å². The minimum atomic E-state index is -0.770. The number of esters is 1. The van der Waals surface area contributed by atoms with Crippen molar-refractivity contribution in [1.29, 1.82) is 0 Å². The molecule has 82 valence electrons. The molecule has 15 heavy (non-hydrogen) atoms. The molecule has 0 aliphatic carbocycles. The molecule has 3 nitrogen and oxygen atoms in total. The molecule has 0 aromatic heterocycles. The molecule has 0 radical (unpaired) electrons. The Bertz CT molecular complexity index is 368. The largest absolute Gasteiger partial charge is 0.478 e. The highest BCUT2D eigenvalue weighted by Gasteiger charge is 2.16. The number of carbonyl (C=O) groups excluding carboxylic acids is 1. The Morgan fingerprint density at radius 1 is 1.53 bits per heavy atom. The van der Waals surface area contributed by atoms with E-state index in [1.54, 1.807) is 0 Å². The number of benzene rings is 1. The maximum atomic E-state index is 12.9. The maximum Gasteiger partial charge on any atom is 0.346 e. The quantitative estimate of drug-likeness (QED) is 0.796. The van der Waals surface area contributed by atoms with Gasteiger partial charge in [0, 0.05) is 6.07 Å². The van der Waals surface area contributed by atoms with Crippen LogP contribution in [-0.2, 0) is 9.53 Å². The van der Waals surface area contributed by atoms with Crippen LogP contribution >= 0.6 is 15.9 Å². The van der Waals surface area contributed by atoms with E-state index in [0.29, 0.717) is 4.47 Å². The molecule has 1 atom stereocenters. The number of rotatable bonds is 3. The molecule has 0 N–H and O–H groups in total. The Morgan fingerprint density at radius 3 is 2.80 bits per heavy atom. The predicted octanol–water partition coefficient (Wildman–Crippen LogP) is 2.53. The van der Waals surface area contributed by atoms with Gasteiger partial charge in [-0.25, -0.2) is 9.18 Å². The molecule has 1 aromatic carbocycles. The fourth-order valence-electron chi connectivity index (χ4n) is 0.972. The fraction of sp³-hybridized carbons (Fsp3) is 0.300. The van der Waals surface area contributed by atoms with Gasteiger partial charge in [-0.2, -0.15) is 0 Å². The third kappa shape index (κ3) is 3.20. The minimum Gasteiger partial charge on any atom is -0.478 e. The smallest absolute Gasteiger partial charge is 0.346 e. The molecule has 0 bridgehead atoms. The second-order valence-corrected chi connectivity index (χ2v) is 3.71. The zero-order chi connectivity index (χ0) is 11.4. The summed E-state index contributed by atoms with van der Waals surface area (Å²) in [6, 6.07) is 4.00. The SMILES string of the molecule is COC(=O)[C@H](C)Oc1cc(F)ccc1Br. The normalized spacial score (nSPS) is 12.0. The molecule has 5 heteroatoms. The first-order valence-electron chi connectivity index (χ1n) is 4.24. The Balaban J connectivity index is 2.80. The van der Waals surface area contributed by atoms with E-state index >= 15 is 0 Å². The van der Waals surface area contributed by atoms with Gasteiger partial charge in [-0.15, -0.1) is 0 Å². The van der Waals surface area contributed by atoms with Gasteiger partial charge in [-0.3, -0.25) is 0 Å². The second-order valence-electron chi connectivity index (χ2n) is 2.86. The van der Waals surface area contributed by atoms with Crippen molar-refractivity contribution in [3.8, 4) is 5.75 Å². The maximum absolute atomic E-state index is 12.9. The van der Waals surface area contributed by atoms with E-state index in [2.05, 4.69) is 20.7 Å². The fourth-order valence-corrected chi connectivity index (χ4v) is 1.31. The lowest BCUT2D eigenvalue weighted by Gasteiger charge is -2.13. The van der Waals surface area contributed by atoms with Crippen LogP contribution in [0.15, 0.2) is 22.7 Å². The molecule has 0 aliphatic heterocycles. The van der Waals surface area contributed by atoms with Crippen molar-refractivity contribution in [3.05, 3.63) is 28.5 Å². The first-order chi connectivity index (χ1) is 7.04. The summed E-state index contributed by atoms with van der Waals surface area (Å²) in [6.45, 7) is 1.53. The van der Waals surface area contributed by atoms with Crippen LogP contribution in [0.2, 0.25) is 0 Å². The molecule has 0 unspecified atom stereocenters. The molecule has 0 spiro atoms. The van der Waals surface area contributed by atoms with Crippen LogP contribution in [0.4, 0.5) is 4.39 Å². The van der Waals surface area contributed by atoms with Crippen molar-refractivity contribution in [3.63, 3.8) is 0 Å². The Morgan fingerprint density at radius 2 is 2.20 bits per heavy atom. The Kier molecular flexibility index (Phi) is 4.08. The summed E-state index contributed by atoms with van der Waals surface area (Å²) in [5, 5.41) is 0. The Hall–Kier alpha value is -1.10. The summed E-state index contributed by atoms with van der Waals surface area (Å²) in [4.78, 5) is 11.1. The average molecular weight is 277 g/mol. The third-order valence-electron chi connectivity index (χ3n) is 1.73. The van der Waals surface area contributed by atoms with Crippen molar-refractivity contribution in [2.75, 3.05) is 7.11 Å². The third-order valence-corrected chi connectivity index (χ3v) is 2.39. The highest BCUT2D eigenvalue weighted by atomic mass is 79.9. The van der Waals surface area contributed by atoms with Crippen molar-refractivity contribution in [2.24, 2.45) is 0 Å². The van der Waals surface area contributed by atoms with Gasteiger partial charge >= 0.3 is 5.97 Å². The monoisotopic (exact) mass is 276 g/mol. The lowest BCUT2D eigenvalue weighted by atomic mass is 10.3. The summed E-state index contributed by atoms with van der Waals surface area (Å²) in [6.07, 6.45) is -0.770. The topological polar surface area (TPSA) is 35.5 Å². The molecule has 0 amide bonds. The van der Waals surface area contributed by atoms with Crippen LogP contribution in [0.25, 0.3) is 0 Å². The van der Waals surface area contributed by atoms with Gasteiger partial charge in [-0.05, 0) is 35.0 Å². The molecule has 1 rings (SSSR count). The van der Waals surface area contributed by atoms with E-state index in [9.17, 15) is 9.18 Å². The number of methoxy groups -OCH3 is 1. The van der Waals surface area contributed by atoms with Crippen molar-refractivity contribution in [2.45, 2.75) is 13.0 Å². The standard InChI is InChI=1S/C10H10BrFO3/c1-6(10(13)14-2)15-9-5-7(12)3-4-8(9)11/h3-6H,1-2H3/t6-/m0/s1. The van der Waals surface area contributed by atoms with E-state index < -0.39 is 17.9 Å². The van der Waals surface area contributed by atoms with Crippen molar-refractivity contribution in [1.82, 2.24) is 0 Å². The summed E-state index contributed by atoms with van der Waals surface area (Å²) >= 11 is 3.19. The number of carbonyl (C=O) groups is 1. The highest BCUT2D eigenvalue weighted by molar-refractivity contribution is 9.10. The van der Waals surface area contributed by atoms with Crippen LogP contribution in [-0.4, -0.2) is 19.2 Å². The van der Waals surface area contributed by atoms with E-state index in [1.807, 2.05) is 0 Å². The molecular formula is C10H10BrFO3. The summed E-state index contributed by atoms with van der Waals surface area (Å²) in [5.74, 6) is -0.663. The van der Waals surface area contributed by atoms with E-state index in [0.717, 1.165) is 0 Å². The van der Waals surface area contributed by atoms with Crippen LogP contribution in [0.3, 0.4) is 0 Å². The van der Waals surface area contributed by atoms with Gasteiger partial charge < -0.3 is 9.47 Å². The van der Waals surface area contributed by atoms with E-state index in [-0.39, 0.29) is 5.75 Å². The number of hydrogen-bond donors (Lipinski definition) is 0. The number of ether oxygens (including phenoxy) is 2. The van der Waals surface area contributed by atoms with Crippen molar-refractivity contribution >= 4 is 21.9 Å². The van der Waals surface area contributed by atoms with Gasteiger partial charge in [0.25, 0.3) is 0 Å². The molecule has 0 aliphatic rings. The highest BCUT2D eigenvalue weighted by Crippen LogP contribution is 2.26.